The van der Waals surface area contributed by atoms with E-state index >= 15 is 0 Å². The van der Waals surface area contributed by atoms with E-state index in [1.54, 1.807) is 0 Å². The molecule has 1 aromatic heterocycles. The van der Waals surface area contributed by atoms with Crippen LogP contribution in [-0.4, -0.2) is 22.6 Å². The van der Waals surface area contributed by atoms with Crippen LogP contribution in [0.4, 0.5) is 5.95 Å². The van der Waals surface area contributed by atoms with E-state index in [-0.39, 0.29) is 0 Å². The fraction of sp³-hybridized carbons (Fsp3) is 0.692. The number of piperidine rings is 1. The van der Waals surface area contributed by atoms with E-state index in [2.05, 4.69) is 28.7 Å². The molecule has 1 aliphatic carbocycles. The van der Waals surface area contributed by atoms with Crippen molar-refractivity contribution in [2.75, 3.05) is 11.4 Å². The zero-order valence-electron chi connectivity index (χ0n) is 10.1. The fourth-order valence-corrected chi connectivity index (χ4v) is 2.95. The number of rotatable bonds is 2. The van der Waals surface area contributed by atoms with Gasteiger partial charge in [0.15, 0.2) is 0 Å². The molecule has 3 heteroatoms. The maximum absolute atomic E-state index is 4.52. The SMILES string of the molecule is CC(C)c1cnc(N2CC3CCC2C3)nc1. The van der Waals surface area contributed by atoms with Gasteiger partial charge in [-0.05, 0) is 36.7 Å². The molecule has 0 aromatic carbocycles. The first-order valence-corrected chi connectivity index (χ1v) is 6.32. The lowest BCUT2D eigenvalue weighted by molar-refractivity contribution is 0.546. The summed E-state index contributed by atoms with van der Waals surface area (Å²) in [6, 6.07) is 0.717. The molecule has 0 amide bonds. The van der Waals surface area contributed by atoms with Crippen molar-refractivity contribution in [1.29, 1.82) is 0 Å². The lowest BCUT2D eigenvalue weighted by atomic mass is 10.1. The lowest BCUT2D eigenvalue weighted by Gasteiger charge is -2.26. The molecule has 1 aliphatic heterocycles. The average molecular weight is 217 g/mol. The minimum atomic E-state index is 0.518. The number of nitrogens with zero attached hydrogens (tertiary/aromatic N) is 3. The summed E-state index contributed by atoms with van der Waals surface area (Å²) >= 11 is 0. The number of fused-ring (bicyclic) bond motifs is 2. The molecule has 2 bridgehead atoms. The molecule has 3 rings (SSSR count). The minimum Gasteiger partial charge on any atom is -0.338 e. The van der Waals surface area contributed by atoms with Crippen molar-refractivity contribution in [2.45, 2.75) is 45.1 Å². The highest BCUT2D eigenvalue weighted by atomic mass is 15.3. The molecule has 16 heavy (non-hydrogen) atoms. The van der Waals surface area contributed by atoms with Gasteiger partial charge in [-0.3, -0.25) is 0 Å². The Labute approximate surface area is 96.9 Å². The number of hydrogen-bond donors (Lipinski definition) is 0. The molecule has 3 nitrogen and oxygen atoms in total. The van der Waals surface area contributed by atoms with Gasteiger partial charge in [0, 0.05) is 25.0 Å². The normalized spacial score (nSPS) is 28.1. The van der Waals surface area contributed by atoms with Crippen LogP contribution in [0.3, 0.4) is 0 Å². The third-order valence-electron chi connectivity index (χ3n) is 3.99. The molecule has 2 unspecified atom stereocenters. The summed E-state index contributed by atoms with van der Waals surface area (Å²) in [5.41, 5.74) is 1.23. The number of hydrogen-bond acceptors (Lipinski definition) is 3. The quantitative estimate of drug-likeness (QED) is 0.762. The van der Waals surface area contributed by atoms with E-state index in [1.807, 2.05) is 12.4 Å². The smallest absolute Gasteiger partial charge is 0.225 e. The van der Waals surface area contributed by atoms with Crippen LogP contribution in [0.1, 0.15) is 44.6 Å². The average Bonchev–Trinajstić information content (AvgIpc) is 2.91. The Morgan fingerprint density at radius 3 is 2.50 bits per heavy atom. The van der Waals surface area contributed by atoms with Crippen LogP contribution < -0.4 is 4.90 Å². The second-order valence-corrected chi connectivity index (χ2v) is 5.46. The van der Waals surface area contributed by atoms with E-state index in [4.69, 9.17) is 0 Å². The molecule has 86 valence electrons. The Kier molecular flexibility index (Phi) is 2.34. The minimum absolute atomic E-state index is 0.518. The highest BCUT2D eigenvalue weighted by molar-refractivity contribution is 5.35. The predicted octanol–water partition coefficient (Wildman–Crippen LogP) is 2.59. The van der Waals surface area contributed by atoms with Crippen molar-refractivity contribution in [2.24, 2.45) is 5.92 Å². The third kappa shape index (κ3) is 1.58. The van der Waals surface area contributed by atoms with E-state index in [0.717, 1.165) is 17.9 Å². The molecule has 1 saturated heterocycles. The summed E-state index contributed by atoms with van der Waals surface area (Å²) in [5.74, 6) is 2.36. The second kappa shape index (κ2) is 3.72. The van der Waals surface area contributed by atoms with Crippen molar-refractivity contribution in [3.8, 4) is 0 Å². The molecule has 0 radical (unpaired) electrons. The zero-order chi connectivity index (χ0) is 11.1. The summed E-state index contributed by atoms with van der Waals surface area (Å²) in [7, 11) is 0. The summed E-state index contributed by atoms with van der Waals surface area (Å²) in [4.78, 5) is 11.4. The fourth-order valence-electron chi connectivity index (χ4n) is 2.95. The molecule has 2 heterocycles. The Morgan fingerprint density at radius 1 is 1.25 bits per heavy atom. The molecule has 1 aromatic rings. The van der Waals surface area contributed by atoms with Crippen molar-refractivity contribution >= 4 is 5.95 Å². The van der Waals surface area contributed by atoms with Crippen molar-refractivity contribution in [3.63, 3.8) is 0 Å². The van der Waals surface area contributed by atoms with Gasteiger partial charge in [-0.15, -0.1) is 0 Å². The van der Waals surface area contributed by atoms with Gasteiger partial charge in [-0.25, -0.2) is 9.97 Å². The number of anilines is 1. The van der Waals surface area contributed by atoms with Crippen molar-refractivity contribution in [3.05, 3.63) is 18.0 Å². The summed E-state index contributed by atoms with van der Waals surface area (Å²) < 4.78 is 0. The van der Waals surface area contributed by atoms with Gasteiger partial charge in [0.25, 0.3) is 0 Å². The topological polar surface area (TPSA) is 29.0 Å². The first kappa shape index (κ1) is 10.1. The highest BCUT2D eigenvalue weighted by Gasteiger charge is 2.38. The lowest BCUT2D eigenvalue weighted by Crippen LogP contribution is -2.33. The molecule has 2 fully saturated rings. The number of aromatic nitrogens is 2. The third-order valence-corrected chi connectivity index (χ3v) is 3.99. The van der Waals surface area contributed by atoms with Gasteiger partial charge in [-0.1, -0.05) is 13.8 Å². The molecule has 0 N–H and O–H groups in total. The van der Waals surface area contributed by atoms with Crippen molar-refractivity contribution < 1.29 is 0 Å². The van der Waals surface area contributed by atoms with Crippen LogP contribution in [0.15, 0.2) is 12.4 Å². The van der Waals surface area contributed by atoms with Crippen LogP contribution >= 0.6 is 0 Å². The van der Waals surface area contributed by atoms with Gasteiger partial charge in [0.1, 0.15) is 0 Å². The van der Waals surface area contributed by atoms with E-state index in [9.17, 15) is 0 Å². The summed E-state index contributed by atoms with van der Waals surface area (Å²) in [6.45, 7) is 5.53. The first-order valence-electron chi connectivity index (χ1n) is 6.32. The van der Waals surface area contributed by atoms with Crippen LogP contribution in [0, 0.1) is 5.92 Å². The Morgan fingerprint density at radius 2 is 2.00 bits per heavy atom. The van der Waals surface area contributed by atoms with Crippen LogP contribution in [0.5, 0.6) is 0 Å². The Hall–Kier alpha value is -1.12. The van der Waals surface area contributed by atoms with Gasteiger partial charge >= 0.3 is 0 Å². The van der Waals surface area contributed by atoms with E-state index < -0.39 is 0 Å². The molecule has 0 spiro atoms. The molecule has 1 saturated carbocycles. The Balaban J connectivity index is 1.80. The van der Waals surface area contributed by atoms with Crippen molar-refractivity contribution in [1.82, 2.24) is 9.97 Å². The molecular weight excluding hydrogens is 198 g/mol. The van der Waals surface area contributed by atoms with Crippen LogP contribution in [0.2, 0.25) is 0 Å². The van der Waals surface area contributed by atoms with Gasteiger partial charge in [-0.2, -0.15) is 0 Å². The van der Waals surface area contributed by atoms with Gasteiger partial charge in [0.2, 0.25) is 5.95 Å². The van der Waals surface area contributed by atoms with Gasteiger partial charge < -0.3 is 4.90 Å². The maximum Gasteiger partial charge on any atom is 0.225 e. The monoisotopic (exact) mass is 217 g/mol. The summed E-state index contributed by atoms with van der Waals surface area (Å²) in [5, 5.41) is 0. The Bertz CT molecular complexity index is 371. The largest absolute Gasteiger partial charge is 0.338 e. The van der Waals surface area contributed by atoms with E-state index in [0.29, 0.717) is 5.92 Å². The maximum atomic E-state index is 4.52. The highest BCUT2D eigenvalue weighted by Crippen LogP contribution is 2.38. The molecule has 2 aliphatic rings. The van der Waals surface area contributed by atoms with E-state index in [1.165, 1.54) is 31.4 Å². The zero-order valence-corrected chi connectivity index (χ0v) is 10.1. The van der Waals surface area contributed by atoms with Gasteiger partial charge in [0.05, 0.1) is 0 Å². The predicted molar refractivity (Wildman–Crippen MR) is 64.6 cm³/mol. The molecular formula is C13H19N3. The summed E-state index contributed by atoms with van der Waals surface area (Å²) in [6.07, 6.45) is 8.07. The molecule has 2 atom stereocenters. The van der Waals surface area contributed by atoms with Crippen LogP contribution in [-0.2, 0) is 0 Å². The second-order valence-electron chi connectivity index (χ2n) is 5.46. The standard InChI is InChI=1S/C13H19N3/c1-9(2)11-6-14-13(15-7-11)16-8-10-3-4-12(16)5-10/h6-7,9-10,12H,3-5,8H2,1-2H3. The van der Waals surface area contributed by atoms with Crippen LogP contribution in [0.25, 0.3) is 0 Å². The first-order chi connectivity index (χ1) is 7.74.